The molecule has 0 radical (unpaired) electrons. The lowest BCUT2D eigenvalue weighted by molar-refractivity contribution is -0.116. The zero-order valence-corrected chi connectivity index (χ0v) is 11.9. The van der Waals surface area contributed by atoms with Gasteiger partial charge in [0.25, 0.3) is 0 Å². The SMILES string of the molecule is COc1cc(NC(=O)Cn2cccc2C(=O)O)ccc1Cl. The molecular weight excluding hydrogens is 296 g/mol. The number of nitrogens with zero attached hydrogens (tertiary/aromatic N) is 1. The number of amides is 1. The van der Waals surface area contributed by atoms with Gasteiger partial charge in [0.05, 0.1) is 12.1 Å². The number of aromatic nitrogens is 1. The summed E-state index contributed by atoms with van der Waals surface area (Å²) in [6.07, 6.45) is 1.53. The van der Waals surface area contributed by atoms with Gasteiger partial charge < -0.3 is 19.7 Å². The second kappa shape index (κ2) is 6.32. The maximum absolute atomic E-state index is 11.9. The minimum Gasteiger partial charge on any atom is -0.495 e. The molecule has 0 fully saturated rings. The molecule has 0 aliphatic heterocycles. The van der Waals surface area contributed by atoms with E-state index in [1.54, 1.807) is 24.3 Å². The van der Waals surface area contributed by atoms with Crippen LogP contribution in [0, 0.1) is 0 Å². The number of benzene rings is 1. The average Bonchev–Trinajstić information content (AvgIpc) is 2.89. The molecule has 0 bridgehead atoms. The Labute approximate surface area is 125 Å². The molecule has 0 aliphatic carbocycles. The third kappa shape index (κ3) is 3.55. The number of carboxylic acids is 1. The van der Waals surface area contributed by atoms with Crippen molar-refractivity contribution in [1.82, 2.24) is 4.57 Å². The number of ether oxygens (including phenoxy) is 1. The topological polar surface area (TPSA) is 80.6 Å². The van der Waals surface area contributed by atoms with E-state index in [0.717, 1.165) is 0 Å². The average molecular weight is 309 g/mol. The second-order valence-electron chi connectivity index (χ2n) is 4.22. The normalized spacial score (nSPS) is 10.2. The number of halogens is 1. The third-order valence-corrected chi connectivity index (χ3v) is 3.11. The number of rotatable bonds is 5. The van der Waals surface area contributed by atoms with E-state index >= 15 is 0 Å². The van der Waals surface area contributed by atoms with Gasteiger partial charge in [-0.05, 0) is 24.3 Å². The van der Waals surface area contributed by atoms with E-state index in [4.69, 9.17) is 21.4 Å². The first-order valence-electron chi connectivity index (χ1n) is 6.03. The quantitative estimate of drug-likeness (QED) is 0.889. The molecule has 21 heavy (non-hydrogen) atoms. The van der Waals surface area contributed by atoms with Crippen LogP contribution < -0.4 is 10.1 Å². The zero-order valence-electron chi connectivity index (χ0n) is 11.2. The van der Waals surface area contributed by atoms with E-state index in [0.29, 0.717) is 16.5 Å². The van der Waals surface area contributed by atoms with Gasteiger partial charge >= 0.3 is 5.97 Å². The molecule has 0 spiro atoms. The van der Waals surface area contributed by atoms with Gasteiger partial charge in [0.1, 0.15) is 18.0 Å². The molecule has 0 unspecified atom stereocenters. The van der Waals surface area contributed by atoms with Crippen molar-refractivity contribution in [2.45, 2.75) is 6.54 Å². The predicted molar refractivity (Wildman–Crippen MR) is 78.0 cm³/mol. The summed E-state index contributed by atoms with van der Waals surface area (Å²) in [6, 6.07) is 7.84. The van der Waals surface area contributed by atoms with Crippen LogP contribution in [0.2, 0.25) is 5.02 Å². The molecular formula is C14H13ClN2O4. The Kier molecular flexibility index (Phi) is 4.49. The number of hydrogen-bond acceptors (Lipinski definition) is 3. The molecule has 0 saturated heterocycles. The molecule has 2 rings (SSSR count). The second-order valence-corrected chi connectivity index (χ2v) is 4.63. The van der Waals surface area contributed by atoms with Crippen molar-refractivity contribution >= 4 is 29.2 Å². The minimum atomic E-state index is -1.08. The summed E-state index contributed by atoms with van der Waals surface area (Å²) in [6.45, 7) is -0.0976. The summed E-state index contributed by atoms with van der Waals surface area (Å²) in [5.74, 6) is -0.985. The molecule has 1 aromatic carbocycles. The van der Waals surface area contributed by atoms with Crippen LogP contribution in [0.4, 0.5) is 5.69 Å². The Morgan fingerprint density at radius 2 is 2.14 bits per heavy atom. The van der Waals surface area contributed by atoms with Crippen LogP contribution in [0.5, 0.6) is 5.75 Å². The van der Waals surface area contributed by atoms with Crippen molar-refractivity contribution in [3.63, 3.8) is 0 Å². The first-order valence-corrected chi connectivity index (χ1v) is 6.41. The fourth-order valence-electron chi connectivity index (χ4n) is 1.84. The molecule has 1 amide bonds. The lowest BCUT2D eigenvalue weighted by atomic mass is 10.3. The number of anilines is 1. The highest BCUT2D eigenvalue weighted by Crippen LogP contribution is 2.27. The van der Waals surface area contributed by atoms with Gasteiger partial charge in [-0.2, -0.15) is 0 Å². The molecule has 2 N–H and O–H groups in total. The first kappa shape index (κ1) is 14.9. The van der Waals surface area contributed by atoms with E-state index in [9.17, 15) is 9.59 Å². The van der Waals surface area contributed by atoms with Crippen LogP contribution in [0.15, 0.2) is 36.5 Å². The zero-order chi connectivity index (χ0) is 15.4. The molecule has 110 valence electrons. The van der Waals surface area contributed by atoms with Gasteiger partial charge in [0, 0.05) is 18.0 Å². The van der Waals surface area contributed by atoms with Crippen LogP contribution in [-0.2, 0) is 11.3 Å². The Hall–Kier alpha value is -2.47. The molecule has 0 atom stereocenters. The number of hydrogen-bond donors (Lipinski definition) is 2. The van der Waals surface area contributed by atoms with Crippen LogP contribution in [-0.4, -0.2) is 28.7 Å². The van der Waals surface area contributed by atoms with Gasteiger partial charge in [0.15, 0.2) is 0 Å². The van der Waals surface area contributed by atoms with Gasteiger partial charge in [-0.3, -0.25) is 4.79 Å². The highest BCUT2D eigenvalue weighted by atomic mass is 35.5. The maximum Gasteiger partial charge on any atom is 0.352 e. The van der Waals surface area contributed by atoms with E-state index in [1.807, 2.05) is 0 Å². The van der Waals surface area contributed by atoms with Gasteiger partial charge in [-0.1, -0.05) is 11.6 Å². The maximum atomic E-state index is 11.9. The van der Waals surface area contributed by atoms with Crippen molar-refractivity contribution in [2.24, 2.45) is 0 Å². The van der Waals surface area contributed by atoms with E-state index in [-0.39, 0.29) is 18.1 Å². The van der Waals surface area contributed by atoms with E-state index < -0.39 is 5.97 Å². The fraction of sp³-hybridized carbons (Fsp3) is 0.143. The Morgan fingerprint density at radius 3 is 2.81 bits per heavy atom. The van der Waals surface area contributed by atoms with Crippen LogP contribution >= 0.6 is 11.6 Å². The Balaban J connectivity index is 2.08. The molecule has 2 aromatic rings. The molecule has 1 heterocycles. The van der Waals surface area contributed by atoms with Gasteiger partial charge in [-0.25, -0.2) is 4.79 Å². The summed E-state index contributed by atoms with van der Waals surface area (Å²) < 4.78 is 6.41. The van der Waals surface area contributed by atoms with E-state index in [1.165, 1.54) is 23.9 Å². The van der Waals surface area contributed by atoms with Gasteiger partial charge in [-0.15, -0.1) is 0 Å². The summed E-state index contributed by atoms with van der Waals surface area (Å²) >= 11 is 5.90. The summed E-state index contributed by atoms with van der Waals surface area (Å²) in [5.41, 5.74) is 0.573. The Bertz CT molecular complexity index is 681. The van der Waals surface area contributed by atoms with Crippen molar-refractivity contribution in [1.29, 1.82) is 0 Å². The number of carbonyl (C=O) groups is 2. The minimum absolute atomic E-state index is 0.0545. The number of methoxy groups -OCH3 is 1. The third-order valence-electron chi connectivity index (χ3n) is 2.80. The molecule has 6 nitrogen and oxygen atoms in total. The van der Waals surface area contributed by atoms with Crippen molar-refractivity contribution in [2.75, 3.05) is 12.4 Å². The number of nitrogens with one attached hydrogen (secondary N) is 1. The highest BCUT2D eigenvalue weighted by molar-refractivity contribution is 6.32. The van der Waals surface area contributed by atoms with Crippen molar-refractivity contribution in [3.8, 4) is 5.75 Å². The van der Waals surface area contributed by atoms with Crippen LogP contribution in [0.1, 0.15) is 10.5 Å². The molecule has 0 saturated carbocycles. The summed E-state index contributed by atoms with van der Waals surface area (Å²) in [4.78, 5) is 22.9. The monoisotopic (exact) mass is 308 g/mol. The lowest BCUT2D eigenvalue weighted by Crippen LogP contribution is -2.20. The Morgan fingerprint density at radius 1 is 1.38 bits per heavy atom. The predicted octanol–water partition coefficient (Wildman–Crippen LogP) is 2.49. The molecule has 7 heteroatoms. The first-order chi connectivity index (χ1) is 10.0. The summed E-state index contributed by atoms with van der Waals surface area (Å²) in [7, 11) is 1.48. The molecule has 1 aromatic heterocycles. The van der Waals surface area contributed by atoms with E-state index in [2.05, 4.69) is 5.32 Å². The van der Waals surface area contributed by atoms with Gasteiger partial charge in [0.2, 0.25) is 5.91 Å². The number of aromatic carboxylic acids is 1. The van der Waals surface area contributed by atoms with Crippen molar-refractivity contribution in [3.05, 3.63) is 47.2 Å². The highest BCUT2D eigenvalue weighted by Gasteiger charge is 2.12. The standard InChI is InChI=1S/C14H13ClN2O4/c1-21-12-7-9(4-5-10(12)15)16-13(18)8-17-6-2-3-11(17)14(19)20/h2-7H,8H2,1H3,(H,16,18)(H,19,20). The van der Waals surface area contributed by atoms with Crippen LogP contribution in [0.25, 0.3) is 0 Å². The fourth-order valence-corrected chi connectivity index (χ4v) is 2.03. The number of carboxylic acid groups (broad SMARTS) is 1. The largest absolute Gasteiger partial charge is 0.495 e. The van der Waals surface area contributed by atoms with Crippen LogP contribution in [0.3, 0.4) is 0 Å². The van der Waals surface area contributed by atoms with Crippen molar-refractivity contribution < 1.29 is 19.4 Å². The summed E-state index contributed by atoms with van der Waals surface area (Å²) in [5, 5.41) is 12.1. The smallest absolute Gasteiger partial charge is 0.352 e. The number of carbonyl (C=O) groups excluding carboxylic acids is 1. The molecule has 0 aliphatic rings. The lowest BCUT2D eigenvalue weighted by Gasteiger charge is -2.10.